The predicted molar refractivity (Wildman–Crippen MR) is 81.7 cm³/mol. The third-order valence-electron chi connectivity index (χ3n) is 3.14. The molecule has 5 heteroatoms. The van der Waals surface area contributed by atoms with E-state index in [2.05, 4.69) is 9.97 Å². The molecule has 21 heavy (non-hydrogen) atoms. The first-order valence-electron chi connectivity index (χ1n) is 6.39. The van der Waals surface area contributed by atoms with E-state index < -0.39 is 5.82 Å². The van der Waals surface area contributed by atoms with Gasteiger partial charge in [0.2, 0.25) is 5.95 Å². The minimum absolute atomic E-state index is 0.0472. The quantitative estimate of drug-likeness (QED) is 0.756. The molecule has 0 spiro atoms. The van der Waals surface area contributed by atoms with Gasteiger partial charge in [-0.3, -0.25) is 0 Å². The van der Waals surface area contributed by atoms with E-state index in [-0.39, 0.29) is 17.5 Å². The number of anilines is 2. The van der Waals surface area contributed by atoms with Crippen LogP contribution in [-0.2, 0) is 0 Å². The third kappa shape index (κ3) is 2.53. The zero-order valence-corrected chi connectivity index (χ0v) is 11.1. The van der Waals surface area contributed by atoms with E-state index in [0.717, 1.165) is 11.1 Å². The minimum Gasteiger partial charge on any atom is -0.381 e. The van der Waals surface area contributed by atoms with E-state index in [9.17, 15) is 4.39 Å². The van der Waals surface area contributed by atoms with Gasteiger partial charge in [0.15, 0.2) is 11.6 Å². The van der Waals surface area contributed by atoms with E-state index in [0.29, 0.717) is 5.56 Å². The summed E-state index contributed by atoms with van der Waals surface area (Å²) in [6.07, 6.45) is 0. The molecule has 3 aromatic rings. The molecular weight excluding hydrogens is 267 g/mol. The Morgan fingerprint density at radius 3 is 2.19 bits per heavy atom. The molecule has 2 aromatic carbocycles. The number of aromatic nitrogens is 2. The Morgan fingerprint density at radius 1 is 0.762 bits per heavy atom. The van der Waals surface area contributed by atoms with Crippen LogP contribution in [0.3, 0.4) is 0 Å². The zero-order chi connectivity index (χ0) is 14.8. The molecule has 3 rings (SSSR count). The Kier molecular flexibility index (Phi) is 3.23. The number of benzene rings is 2. The lowest BCUT2D eigenvalue weighted by Gasteiger charge is -2.08. The van der Waals surface area contributed by atoms with E-state index in [1.54, 1.807) is 6.07 Å². The van der Waals surface area contributed by atoms with Gasteiger partial charge in [-0.25, -0.2) is 9.37 Å². The maximum absolute atomic E-state index is 14.1. The van der Waals surface area contributed by atoms with Gasteiger partial charge in [0, 0.05) is 5.56 Å². The average molecular weight is 280 g/mol. The molecule has 0 bridgehead atoms. The highest BCUT2D eigenvalue weighted by Crippen LogP contribution is 2.28. The topological polar surface area (TPSA) is 77.8 Å². The zero-order valence-electron chi connectivity index (χ0n) is 11.1. The maximum atomic E-state index is 14.1. The molecule has 0 atom stereocenters. The van der Waals surface area contributed by atoms with Gasteiger partial charge in [0.1, 0.15) is 5.69 Å². The lowest BCUT2D eigenvalue weighted by Crippen LogP contribution is -2.05. The van der Waals surface area contributed by atoms with Crippen LogP contribution in [0.4, 0.5) is 16.2 Å². The van der Waals surface area contributed by atoms with Gasteiger partial charge in [-0.05, 0) is 17.2 Å². The number of rotatable bonds is 2. The molecule has 0 saturated heterocycles. The fourth-order valence-corrected chi connectivity index (χ4v) is 2.15. The number of hydrogen-bond donors (Lipinski definition) is 2. The molecule has 0 amide bonds. The summed E-state index contributed by atoms with van der Waals surface area (Å²) in [5.74, 6) is -0.953. The molecule has 0 saturated carbocycles. The van der Waals surface area contributed by atoms with Crippen LogP contribution in [-0.4, -0.2) is 9.97 Å². The summed E-state index contributed by atoms with van der Waals surface area (Å²) in [5.41, 5.74) is 13.8. The van der Waals surface area contributed by atoms with Crippen LogP contribution in [0, 0.1) is 5.82 Å². The fraction of sp³-hybridized carbons (Fsp3) is 0. The number of nitrogens with two attached hydrogens (primary N) is 2. The van der Waals surface area contributed by atoms with Crippen LogP contribution in [0.2, 0.25) is 0 Å². The second-order valence-corrected chi connectivity index (χ2v) is 4.58. The van der Waals surface area contributed by atoms with Crippen LogP contribution in [0.1, 0.15) is 0 Å². The summed E-state index contributed by atoms with van der Waals surface area (Å²) in [4.78, 5) is 7.56. The van der Waals surface area contributed by atoms with Gasteiger partial charge in [-0.1, -0.05) is 48.5 Å². The van der Waals surface area contributed by atoms with Crippen molar-refractivity contribution in [3.8, 4) is 22.4 Å². The Bertz CT molecular complexity index is 788. The molecule has 0 fully saturated rings. The van der Waals surface area contributed by atoms with Crippen molar-refractivity contribution in [2.24, 2.45) is 0 Å². The van der Waals surface area contributed by atoms with Crippen molar-refractivity contribution in [2.45, 2.75) is 0 Å². The standard InChI is InChI=1S/C16H13FN4/c17-13-14(20-16(19)21-15(13)18)12-8-4-7-11(9-12)10-5-2-1-3-6-10/h1-9H,(H4,18,19,20,21). The predicted octanol–water partition coefficient (Wildman–Crippen LogP) is 3.11. The summed E-state index contributed by atoms with van der Waals surface area (Å²) in [7, 11) is 0. The Hall–Kier alpha value is -2.95. The van der Waals surface area contributed by atoms with E-state index in [4.69, 9.17) is 11.5 Å². The van der Waals surface area contributed by atoms with Crippen molar-refractivity contribution in [1.82, 2.24) is 9.97 Å². The van der Waals surface area contributed by atoms with Gasteiger partial charge in [-0.15, -0.1) is 0 Å². The van der Waals surface area contributed by atoms with Crippen LogP contribution in [0.15, 0.2) is 54.6 Å². The molecule has 0 radical (unpaired) electrons. The van der Waals surface area contributed by atoms with Gasteiger partial charge in [-0.2, -0.15) is 4.98 Å². The van der Waals surface area contributed by atoms with Gasteiger partial charge >= 0.3 is 0 Å². The van der Waals surface area contributed by atoms with Crippen molar-refractivity contribution < 1.29 is 4.39 Å². The average Bonchev–Trinajstić information content (AvgIpc) is 2.52. The first-order valence-corrected chi connectivity index (χ1v) is 6.39. The largest absolute Gasteiger partial charge is 0.381 e. The fourth-order valence-electron chi connectivity index (χ4n) is 2.15. The summed E-state index contributed by atoms with van der Waals surface area (Å²) in [6, 6.07) is 17.2. The van der Waals surface area contributed by atoms with Crippen molar-refractivity contribution in [3.05, 3.63) is 60.4 Å². The molecule has 0 unspecified atom stereocenters. The summed E-state index contributed by atoms with van der Waals surface area (Å²) >= 11 is 0. The Morgan fingerprint density at radius 2 is 1.43 bits per heavy atom. The maximum Gasteiger partial charge on any atom is 0.222 e. The number of halogens is 1. The molecule has 0 aliphatic carbocycles. The van der Waals surface area contributed by atoms with Crippen LogP contribution < -0.4 is 11.5 Å². The van der Waals surface area contributed by atoms with Crippen molar-refractivity contribution in [1.29, 1.82) is 0 Å². The normalized spacial score (nSPS) is 10.5. The summed E-state index contributed by atoms with van der Waals surface area (Å²) < 4.78 is 14.1. The summed E-state index contributed by atoms with van der Waals surface area (Å²) in [6.45, 7) is 0. The van der Waals surface area contributed by atoms with E-state index >= 15 is 0 Å². The van der Waals surface area contributed by atoms with Crippen molar-refractivity contribution >= 4 is 11.8 Å². The molecular formula is C16H13FN4. The Labute approximate surface area is 121 Å². The van der Waals surface area contributed by atoms with Crippen molar-refractivity contribution in [3.63, 3.8) is 0 Å². The second-order valence-electron chi connectivity index (χ2n) is 4.58. The lowest BCUT2D eigenvalue weighted by atomic mass is 10.0. The molecule has 1 heterocycles. The highest BCUT2D eigenvalue weighted by atomic mass is 19.1. The van der Waals surface area contributed by atoms with Gasteiger partial charge in [0.05, 0.1) is 0 Å². The molecule has 1 aromatic heterocycles. The highest BCUT2D eigenvalue weighted by Gasteiger charge is 2.13. The Balaban J connectivity index is 2.13. The first kappa shape index (κ1) is 13.1. The molecule has 0 aliphatic heterocycles. The monoisotopic (exact) mass is 280 g/mol. The number of nitrogen functional groups attached to an aromatic ring is 2. The van der Waals surface area contributed by atoms with Crippen molar-refractivity contribution in [2.75, 3.05) is 11.5 Å². The summed E-state index contributed by atoms with van der Waals surface area (Å²) in [5, 5.41) is 0. The molecule has 4 N–H and O–H groups in total. The third-order valence-corrected chi connectivity index (χ3v) is 3.14. The molecule has 104 valence electrons. The minimum atomic E-state index is -0.658. The highest BCUT2D eigenvalue weighted by molar-refractivity contribution is 5.73. The SMILES string of the molecule is Nc1nc(N)c(F)c(-c2cccc(-c3ccccc3)c2)n1. The molecule has 4 nitrogen and oxygen atoms in total. The second kappa shape index (κ2) is 5.20. The van der Waals surface area contributed by atoms with Gasteiger partial charge in [0.25, 0.3) is 0 Å². The van der Waals surface area contributed by atoms with Gasteiger partial charge < -0.3 is 11.5 Å². The van der Waals surface area contributed by atoms with Crippen LogP contribution >= 0.6 is 0 Å². The molecule has 0 aliphatic rings. The van der Waals surface area contributed by atoms with E-state index in [1.165, 1.54) is 0 Å². The van der Waals surface area contributed by atoms with Crippen LogP contribution in [0.25, 0.3) is 22.4 Å². The first-order chi connectivity index (χ1) is 10.1. The lowest BCUT2D eigenvalue weighted by molar-refractivity contribution is 0.625. The van der Waals surface area contributed by atoms with Crippen LogP contribution in [0.5, 0.6) is 0 Å². The smallest absolute Gasteiger partial charge is 0.222 e. The van der Waals surface area contributed by atoms with E-state index in [1.807, 2.05) is 48.5 Å². The number of nitrogens with zero attached hydrogens (tertiary/aromatic N) is 2. The number of hydrogen-bond acceptors (Lipinski definition) is 4.